The molecule has 3 rings (SSSR count). The van der Waals surface area contributed by atoms with Crippen molar-refractivity contribution >= 4 is 18.2 Å². The number of cyclic esters (lactones) is 1. The molecule has 0 spiro atoms. The van der Waals surface area contributed by atoms with Crippen LogP contribution < -0.4 is 0 Å². The molecule has 0 saturated carbocycles. The molecule has 0 aromatic heterocycles. The first-order chi connectivity index (χ1) is 25.8. The van der Waals surface area contributed by atoms with E-state index >= 15 is 0 Å². The SMILES string of the molecule is CO[C@@H]1[C@@H](OC2O[C@H](C)[C@@H](O[C@H]3C[C@@](C)(OC(=O)CC(C)C)[C@@H](O)[C@H](C)O3)[C@H](N(C)C)[C@H]2O)[C@@H](CC=O)C[C@@H](C)[C@@H](O)/C=C/C=C/C[C@@H](C)OC(=O)C[C@H]1O. The molecule has 0 aromatic carbocycles. The van der Waals surface area contributed by atoms with E-state index < -0.39 is 110 Å². The minimum Gasteiger partial charge on any atom is -0.462 e. The maximum atomic E-state index is 12.9. The second-order valence-electron chi connectivity index (χ2n) is 16.3. The van der Waals surface area contributed by atoms with Crippen LogP contribution in [0.2, 0.25) is 0 Å². The number of rotatable bonds is 11. The van der Waals surface area contributed by atoms with Crippen LogP contribution in [0.3, 0.4) is 0 Å². The summed E-state index contributed by atoms with van der Waals surface area (Å²) >= 11 is 0. The fourth-order valence-corrected chi connectivity index (χ4v) is 7.76. The van der Waals surface area contributed by atoms with E-state index in [9.17, 15) is 34.8 Å². The monoisotopic (exact) mass is 785 g/mol. The van der Waals surface area contributed by atoms with Crippen LogP contribution >= 0.6 is 0 Å². The molecule has 2 saturated heterocycles. The zero-order valence-corrected chi connectivity index (χ0v) is 34.2. The standard InChI is InChI=1S/C40H67NO14/c1-22(2)18-31(46)55-40(7)21-32(51-26(6)38(40)48)53-35-25(5)52-39(34(47)33(35)41(8)9)54-36-27(16-17-42)19-23(3)28(43)15-13-11-12-14-24(4)50-30(45)20-29(44)37(36)49-10/h11-13,15,17,22-29,32-39,43-44,47-48H,14,16,18-21H2,1-10H3/b12-11+,15-13+/t23-,24-,25-,26+,27+,28+,29-,32+,33-,34-,35-,36+,37+,38+,39?,40-/m1/s1. The summed E-state index contributed by atoms with van der Waals surface area (Å²) in [6.07, 6.45) is -4.15. The van der Waals surface area contributed by atoms with Crippen molar-refractivity contribution in [2.75, 3.05) is 21.2 Å². The number of carbonyl (C=O) groups excluding carboxylic acids is 3. The summed E-state index contributed by atoms with van der Waals surface area (Å²) in [5.74, 6) is -2.07. The zero-order chi connectivity index (χ0) is 41.2. The van der Waals surface area contributed by atoms with Crippen LogP contribution in [0.1, 0.15) is 87.0 Å². The number of likely N-dealkylation sites (N-methyl/N-ethyl adjacent to an activating group) is 1. The van der Waals surface area contributed by atoms with E-state index in [2.05, 4.69) is 0 Å². The molecular formula is C40H67NO14. The normalized spacial score (nSPS) is 42.4. The number of carbonyl (C=O) groups is 3. The van der Waals surface area contributed by atoms with Crippen LogP contribution in [-0.4, -0.2) is 150 Å². The molecule has 16 atom stereocenters. The Kier molecular flexibility index (Phi) is 18.4. The lowest BCUT2D eigenvalue weighted by Crippen LogP contribution is -2.66. The highest BCUT2D eigenvalue weighted by Gasteiger charge is 2.53. The number of allylic oxidation sites excluding steroid dienone is 2. The van der Waals surface area contributed by atoms with Crippen molar-refractivity contribution in [3.63, 3.8) is 0 Å². The third-order valence-corrected chi connectivity index (χ3v) is 10.7. The molecule has 55 heavy (non-hydrogen) atoms. The summed E-state index contributed by atoms with van der Waals surface area (Å²) in [7, 11) is 4.86. The Labute approximate surface area is 326 Å². The minimum atomic E-state index is -1.43. The molecular weight excluding hydrogens is 718 g/mol. The largest absolute Gasteiger partial charge is 0.462 e. The van der Waals surface area contributed by atoms with Gasteiger partial charge in [0.1, 0.15) is 42.4 Å². The molecule has 15 nitrogen and oxygen atoms in total. The fourth-order valence-electron chi connectivity index (χ4n) is 7.76. The van der Waals surface area contributed by atoms with Gasteiger partial charge < -0.3 is 63.3 Å². The van der Waals surface area contributed by atoms with E-state index in [1.54, 1.807) is 64.9 Å². The lowest BCUT2D eigenvalue weighted by atomic mass is 9.82. The van der Waals surface area contributed by atoms with Gasteiger partial charge in [0.2, 0.25) is 0 Å². The van der Waals surface area contributed by atoms with E-state index in [-0.39, 0.29) is 37.5 Å². The van der Waals surface area contributed by atoms with Gasteiger partial charge in [-0.25, -0.2) is 0 Å². The van der Waals surface area contributed by atoms with Crippen LogP contribution in [-0.2, 0) is 47.5 Å². The van der Waals surface area contributed by atoms with Crippen molar-refractivity contribution in [1.29, 1.82) is 0 Å². The summed E-state index contributed by atoms with van der Waals surface area (Å²) in [6, 6.07) is -0.758. The van der Waals surface area contributed by atoms with Crippen molar-refractivity contribution < 1.29 is 68.0 Å². The highest BCUT2D eigenvalue weighted by Crippen LogP contribution is 2.38. The molecule has 2 fully saturated rings. The van der Waals surface area contributed by atoms with Gasteiger partial charge in [-0.15, -0.1) is 0 Å². The molecule has 3 heterocycles. The number of methoxy groups -OCH3 is 1. The summed E-state index contributed by atoms with van der Waals surface area (Å²) in [5, 5.41) is 45.4. The van der Waals surface area contributed by atoms with Crippen LogP contribution in [0.5, 0.6) is 0 Å². The average molecular weight is 786 g/mol. The number of esters is 2. The molecule has 4 N–H and O–H groups in total. The first kappa shape index (κ1) is 47.1. The summed E-state index contributed by atoms with van der Waals surface area (Å²) < 4.78 is 42.5. The van der Waals surface area contributed by atoms with Crippen molar-refractivity contribution in [3.05, 3.63) is 24.3 Å². The quantitative estimate of drug-likeness (QED) is 0.176. The first-order valence-corrected chi connectivity index (χ1v) is 19.5. The first-order valence-electron chi connectivity index (χ1n) is 19.5. The van der Waals surface area contributed by atoms with Crippen LogP contribution in [0.15, 0.2) is 24.3 Å². The molecule has 0 bridgehead atoms. The van der Waals surface area contributed by atoms with Crippen molar-refractivity contribution in [1.82, 2.24) is 4.90 Å². The average Bonchev–Trinajstić information content (AvgIpc) is 3.07. The van der Waals surface area contributed by atoms with Gasteiger partial charge in [-0.2, -0.15) is 0 Å². The van der Waals surface area contributed by atoms with Crippen molar-refractivity contribution in [2.24, 2.45) is 17.8 Å². The lowest BCUT2D eigenvalue weighted by Gasteiger charge is -2.50. The fraction of sp³-hybridized carbons (Fsp3) is 0.825. The van der Waals surface area contributed by atoms with Crippen LogP contribution in [0.4, 0.5) is 0 Å². The van der Waals surface area contributed by atoms with Gasteiger partial charge in [-0.05, 0) is 66.0 Å². The Balaban J connectivity index is 1.93. The van der Waals surface area contributed by atoms with E-state index in [1.807, 2.05) is 26.8 Å². The minimum absolute atomic E-state index is 0.0152. The predicted molar refractivity (Wildman–Crippen MR) is 200 cm³/mol. The highest BCUT2D eigenvalue weighted by atomic mass is 16.7. The van der Waals surface area contributed by atoms with Gasteiger partial charge in [-0.1, -0.05) is 45.1 Å². The highest BCUT2D eigenvalue weighted by molar-refractivity contribution is 5.70. The summed E-state index contributed by atoms with van der Waals surface area (Å²) in [4.78, 5) is 39.5. The summed E-state index contributed by atoms with van der Waals surface area (Å²) in [6.45, 7) is 12.4. The number of nitrogens with zero attached hydrogens (tertiary/aromatic N) is 1. The second kappa shape index (κ2) is 21.4. The van der Waals surface area contributed by atoms with Crippen LogP contribution in [0.25, 0.3) is 0 Å². The number of ether oxygens (including phenoxy) is 7. The molecule has 0 aromatic rings. The van der Waals surface area contributed by atoms with E-state index in [0.717, 1.165) is 6.29 Å². The Morgan fingerprint density at radius 1 is 1.02 bits per heavy atom. The molecule has 0 radical (unpaired) electrons. The third kappa shape index (κ3) is 13.1. The van der Waals surface area contributed by atoms with Crippen LogP contribution in [0, 0.1) is 17.8 Å². The number of hydrogen-bond donors (Lipinski definition) is 4. The zero-order valence-electron chi connectivity index (χ0n) is 34.2. The molecule has 3 aliphatic heterocycles. The smallest absolute Gasteiger partial charge is 0.308 e. The van der Waals surface area contributed by atoms with Gasteiger partial charge in [-0.3, -0.25) is 9.59 Å². The molecule has 0 amide bonds. The summed E-state index contributed by atoms with van der Waals surface area (Å²) in [5.41, 5.74) is -1.31. The van der Waals surface area contributed by atoms with Gasteiger partial charge in [0.05, 0.1) is 43.0 Å². The maximum absolute atomic E-state index is 12.9. The Morgan fingerprint density at radius 3 is 2.33 bits per heavy atom. The van der Waals surface area contributed by atoms with E-state index in [1.165, 1.54) is 7.11 Å². The number of aliphatic hydroxyl groups is 4. The van der Waals surface area contributed by atoms with Gasteiger partial charge in [0, 0.05) is 32.8 Å². The molecule has 316 valence electrons. The number of aliphatic hydroxyl groups excluding tert-OH is 4. The Bertz CT molecular complexity index is 1280. The topological polar surface area (TPSA) is 200 Å². The molecule has 3 aliphatic rings. The molecule has 0 aliphatic carbocycles. The number of aldehydes is 1. The van der Waals surface area contributed by atoms with E-state index in [4.69, 9.17) is 33.2 Å². The molecule has 15 heteroatoms. The van der Waals surface area contributed by atoms with Gasteiger partial charge in [0.15, 0.2) is 12.6 Å². The number of hydrogen-bond acceptors (Lipinski definition) is 15. The van der Waals surface area contributed by atoms with Crippen molar-refractivity contribution in [2.45, 2.75) is 172 Å². The van der Waals surface area contributed by atoms with Gasteiger partial charge in [0.25, 0.3) is 0 Å². The molecule has 1 unspecified atom stereocenters. The van der Waals surface area contributed by atoms with Gasteiger partial charge >= 0.3 is 11.9 Å². The lowest BCUT2D eigenvalue weighted by molar-refractivity contribution is -0.344. The van der Waals surface area contributed by atoms with E-state index in [0.29, 0.717) is 6.42 Å². The Hall–Kier alpha value is -2.31. The Morgan fingerprint density at radius 2 is 1.71 bits per heavy atom. The predicted octanol–water partition coefficient (Wildman–Crippen LogP) is 2.44. The maximum Gasteiger partial charge on any atom is 0.308 e. The second-order valence-corrected chi connectivity index (χ2v) is 16.3. The third-order valence-electron chi connectivity index (χ3n) is 10.7. The van der Waals surface area contributed by atoms with Crippen molar-refractivity contribution in [3.8, 4) is 0 Å².